The van der Waals surface area contributed by atoms with E-state index in [9.17, 15) is 10.4 Å². The van der Waals surface area contributed by atoms with Gasteiger partial charge in [-0.25, -0.2) is 0 Å². The Morgan fingerprint density at radius 1 is 1.40 bits per heavy atom. The molecule has 1 aromatic heterocycles. The Balaban J connectivity index is 2.19. The molecule has 1 atom stereocenters. The Kier molecular flexibility index (Phi) is 4.82. The van der Waals surface area contributed by atoms with Crippen molar-refractivity contribution in [3.63, 3.8) is 0 Å². The van der Waals surface area contributed by atoms with E-state index in [4.69, 9.17) is 0 Å². The number of aromatic nitrogens is 1. The molecule has 1 aromatic rings. The fraction of sp³-hybridized carbons (Fsp3) is 0.625. The minimum absolute atomic E-state index is 0.649. The minimum atomic E-state index is -0.759. The standard InChI is InChI=1S/C16H21BrN2O/c1-11(2)12-3-5-16(10-18,6-4-12)15(20)13-7-14(17)9-19-8-13/h7-9,11-12,15,20H,3-6H2,1-2H3. The fourth-order valence-corrected chi connectivity index (χ4v) is 3.55. The van der Waals surface area contributed by atoms with E-state index >= 15 is 0 Å². The maximum atomic E-state index is 10.7. The van der Waals surface area contributed by atoms with Gasteiger partial charge < -0.3 is 5.11 Å². The van der Waals surface area contributed by atoms with E-state index in [1.54, 1.807) is 12.4 Å². The van der Waals surface area contributed by atoms with E-state index in [0.717, 1.165) is 35.7 Å². The second kappa shape index (κ2) is 6.24. The third kappa shape index (κ3) is 3.05. The molecule has 1 unspecified atom stereocenters. The number of hydrogen-bond donors (Lipinski definition) is 1. The van der Waals surface area contributed by atoms with Gasteiger partial charge in [-0.3, -0.25) is 4.98 Å². The zero-order chi connectivity index (χ0) is 14.8. The van der Waals surface area contributed by atoms with Crippen LogP contribution in [0.2, 0.25) is 0 Å². The third-order valence-electron chi connectivity index (χ3n) is 4.65. The molecular weight excluding hydrogens is 316 g/mol. The van der Waals surface area contributed by atoms with Gasteiger partial charge in [0.25, 0.3) is 0 Å². The van der Waals surface area contributed by atoms with E-state index in [2.05, 4.69) is 40.8 Å². The molecule has 0 amide bonds. The average Bonchev–Trinajstić information content (AvgIpc) is 2.46. The molecule has 4 heteroatoms. The summed E-state index contributed by atoms with van der Waals surface area (Å²) in [7, 11) is 0. The van der Waals surface area contributed by atoms with Gasteiger partial charge in [-0.15, -0.1) is 0 Å². The molecule has 1 N–H and O–H groups in total. The van der Waals surface area contributed by atoms with E-state index in [1.807, 2.05) is 6.07 Å². The van der Waals surface area contributed by atoms with Gasteiger partial charge in [-0.05, 0) is 59.5 Å². The van der Waals surface area contributed by atoms with Crippen LogP contribution < -0.4 is 0 Å². The van der Waals surface area contributed by atoms with Crippen molar-refractivity contribution in [2.45, 2.75) is 45.6 Å². The van der Waals surface area contributed by atoms with Crippen molar-refractivity contribution in [1.82, 2.24) is 4.98 Å². The van der Waals surface area contributed by atoms with Gasteiger partial charge in [0, 0.05) is 22.4 Å². The van der Waals surface area contributed by atoms with Crippen LogP contribution in [-0.4, -0.2) is 10.1 Å². The smallest absolute Gasteiger partial charge is 0.0991 e. The SMILES string of the molecule is CC(C)C1CCC(C#N)(C(O)c2cncc(Br)c2)CC1. The van der Waals surface area contributed by atoms with Crippen molar-refractivity contribution < 1.29 is 5.11 Å². The molecule has 0 radical (unpaired) electrons. The number of rotatable bonds is 3. The van der Waals surface area contributed by atoms with Crippen LogP contribution in [0.5, 0.6) is 0 Å². The average molecular weight is 337 g/mol. The Bertz CT molecular complexity index is 501. The largest absolute Gasteiger partial charge is 0.387 e. The number of pyridine rings is 1. The van der Waals surface area contributed by atoms with Gasteiger partial charge in [-0.1, -0.05) is 13.8 Å². The highest BCUT2D eigenvalue weighted by atomic mass is 79.9. The molecule has 1 aliphatic carbocycles. The summed E-state index contributed by atoms with van der Waals surface area (Å²) in [5.74, 6) is 1.32. The van der Waals surface area contributed by atoms with Gasteiger partial charge in [0.15, 0.2) is 0 Å². The molecule has 108 valence electrons. The van der Waals surface area contributed by atoms with Crippen molar-refractivity contribution in [2.75, 3.05) is 0 Å². The fourth-order valence-electron chi connectivity index (χ4n) is 3.17. The number of aliphatic hydroxyl groups is 1. The first-order chi connectivity index (χ1) is 9.48. The Labute approximate surface area is 129 Å². The lowest BCUT2D eigenvalue weighted by molar-refractivity contribution is 0.0188. The number of hydrogen-bond acceptors (Lipinski definition) is 3. The first kappa shape index (κ1) is 15.5. The van der Waals surface area contributed by atoms with Crippen molar-refractivity contribution in [2.24, 2.45) is 17.3 Å². The molecule has 20 heavy (non-hydrogen) atoms. The first-order valence-corrected chi connectivity index (χ1v) is 7.97. The highest BCUT2D eigenvalue weighted by Gasteiger charge is 2.43. The summed E-state index contributed by atoms with van der Waals surface area (Å²) in [5, 5.41) is 20.3. The highest BCUT2D eigenvalue weighted by molar-refractivity contribution is 9.10. The zero-order valence-electron chi connectivity index (χ0n) is 12.0. The predicted molar refractivity (Wildman–Crippen MR) is 81.7 cm³/mol. The first-order valence-electron chi connectivity index (χ1n) is 7.18. The van der Waals surface area contributed by atoms with Gasteiger partial charge in [0.2, 0.25) is 0 Å². The van der Waals surface area contributed by atoms with Crippen LogP contribution in [-0.2, 0) is 0 Å². The number of aliphatic hydroxyl groups excluding tert-OH is 1. The van der Waals surface area contributed by atoms with Gasteiger partial charge in [0.05, 0.1) is 17.6 Å². The lowest BCUT2D eigenvalue weighted by Crippen LogP contribution is -2.33. The van der Waals surface area contributed by atoms with Crippen LogP contribution in [0.4, 0.5) is 0 Å². The monoisotopic (exact) mass is 336 g/mol. The second-order valence-corrected chi connectivity index (χ2v) is 7.10. The molecule has 3 nitrogen and oxygen atoms in total. The maximum Gasteiger partial charge on any atom is 0.0991 e. The summed E-state index contributed by atoms with van der Waals surface area (Å²) in [6, 6.07) is 4.25. The topological polar surface area (TPSA) is 56.9 Å². The van der Waals surface area contributed by atoms with E-state index in [0.29, 0.717) is 11.8 Å². The van der Waals surface area contributed by atoms with Gasteiger partial charge in [-0.2, -0.15) is 5.26 Å². The van der Waals surface area contributed by atoms with Crippen molar-refractivity contribution in [3.05, 3.63) is 28.5 Å². The quantitative estimate of drug-likeness (QED) is 0.898. The number of nitriles is 1. The van der Waals surface area contributed by atoms with Crippen LogP contribution >= 0.6 is 15.9 Å². The molecule has 1 fully saturated rings. The molecule has 0 aromatic carbocycles. The molecule has 0 saturated heterocycles. The predicted octanol–water partition coefficient (Wildman–Crippen LogP) is 4.23. The summed E-state index contributed by atoms with van der Waals surface area (Å²) in [4.78, 5) is 4.09. The van der Waals surface area contributed by atoms with E-state index in [1.165, 1.54) is 0 Å². The summed E-state index contributed by atoms with van der Waals surface area (Å²) >= 11 is 3.37. The van der Waals surface area contributed by atoms with Gasteiger partial charge in [0.1, 0.15) is 0 Å². The third-order valence-corrected chi connectivity index (χ3v) is 5.09. The van der Waals surface area contributed by atoms with Crippen LogP contribution in [0.25, 0.3) is 0 Å². The van der Waals surface area contributed by atoms with Crippen molar-refractivity contribution >= 4 is 15.9 Å². The van der Waals surface area contributed by atoms with Gasteiger partial charge >= 0.3 is 0 Å². The Morgan fingerprint density at radius 2 is 2.05 bits per heavy atom. The lowest BCUT2D eigenvalue weighted by atomic mass is 9.65. The number of nitrogens with zero attached hydrogens (tertiary/aromatic N) is 2. The summed E-state index contributed by atoms with van der Waals surface area (Å²) in [6.07, 6.45) is 6.15. The van der Waals surface area contributed by atoms with E-state index in [-0.39, 0.29) is 0 Å². The van der Waals surface area contributed by atoms with Crippen molar-refractivity contribution in [1.29, 1.82) is 5.26 Å². The molecular formula is C16H21BrN2O. The maximum absolute atomic E-state index is 10.7. The summed E-state index contributed by atoms with van der Waals surface area (Å²) in [6.45, 7) is 4.47. The van der Waals surface area contributed by atoms with Crippen LogP contribution in [0.3, 0.4) is 0 Å². The molecule has 0 bridgehead atoms. The molecule has 0 spiro atoms. The molecule has 1 saturated carbocycles. The normalized spacial score (nSPS) is 28.1. The summed E-state index contributed by atoms with van der Waals surface area (Å²) in [5.41, 5.74) is 0.0670. The van der Waals surface area contributed by atoms with Crippen LogP contribution in [0, 0.1) is 28.6 Å². The molecule has 1 heterocycles. The second-order valence-electron chi connectivity index (χ2n) is 6.19. The zero-order valence-corrected chi connectivity index (χ0v) is 13.6. The van der Waals surface area contributed by atoms with Crippen molar-refractivity contribution in [3.8, 4) is 6.07 Å². The highest BCUT2D eigenvalue weighted by Crippen LogP contribution is 2.48. The molecule has 1 aliphatic rings. The van der Waals surface area contributed by atoms with E-state index < -0.39 is 11.5 Å². The Hall–Kier alpha value is -0.920. The van der Waals surface area contributed by atoms with Crippen LogP contribution in [0.15, 0.2) is 22.9 Å². The number of halogens is 1. The lowest BCUT2D eigenvalue weighted by Gasteiger charge is -2.39. The molecule has 0 aliphatic heterocycles. The Morgan fingerprint density at radius 3 is 2.55 bits per heavy atom. The van der Waals surface area contributed by atoms with Crippen LogP contribution in [0.1, 0.15) is 51.2 Å². The summed E-state index contributed by atoms with van der Waals surface area (Å²) < 4.78 is 0.831. The minimum Gasteiger partial charge on any atom is -0.387 e. The molecule has 2 rings (SSSR count).